The lowest BCUT2D eigenvalue weighted by atomic mass is 10.2. The van der Waals surface area contributed by atoms with Gasteiger partial charge in [0.2, 0.25) is 0 Å². The highest BCUT2D eigenvalue weighted by Crippen LogP contribution is 2.22. The van der Waals surface area contributed by atoms with E-state index < -0.39 is 11.7 Å². The number of carbonyl (C=O) groups excluding carboxylic acids is 1. The SMILES string of the molecule is Cc1cc(NC(=O)c2cc(Br)ccc2F)n(-c2cccc(Cl)c2)n1. The summed E-state index contributed by atoms with van der Waals surface area (Å²) in [5.74, 6) is -0.725. The minimum absolute atomic E-state index is 0.0547. The maximum Gasteiger partial charge on any atom is 0.259 e. The number of anilines is 1. The molecule has 0 aliphatic rings. The van der Waals surface area contributed by atoms with Gasteiger partial charge in [-0.15, -0.1) is 0 Å². The number of nitrogens with one attached hydrogen (secondary N) is 1. The molecular formula is C17H12BrClFN3O. The molecule has 0 fully saturated rings. The molecule has 0 saturated carbocycles. The molecule has 0 aliphatic heterocycles. The van der Waals surface area contributed by atoms with E-state index >= 15 is 0 Å². The highest BCUT2D eigenvalue weighted by molar-refractivity contribution is 9.10. The molecular weight excluding hydrogens is 397 g/mol. The predicted molar refractivity (Wildman–Crippen MR) is 95.4 cm³/mol. The molecule has 3 aromatic rings. The Labute approximate surface area is 151 Å². The summed E-state index contributed by atoms with van der Waals surface area (Å²) in [5.41, 5.74) is 1.35. The first-order chi connectivity index (χ1) is 11.4. The zero-order valence-corrected chi connectivity index (χ0v) is 14.9. The van der Waals surface area contributed by atoms with Crippen LogP contribution in [0.4, 0.5) is 10.2 Å². The van der Waals surface area contributed by atoms with Crippen molar-refractivity contribution in [3.05, 3.63) is 75.1 Å². The zero-order chi connectivity index (χ0) is 17.3. The summed E-state index contributed by atoms with van der Waals surface area (Å²) < 4.78 is 16.1. The van der Waals surface area contributed by atoms with Crippen molar-refractivity contribution in [3.8, 4) is 5.69 Å². The Balaban J connectivity index is 1.96. The second-order valence-electron chi connectivity index (χ2n) is 5.14. The fourth-order valence-electron chi connectivity index (χ4n) is 2.25. The van der Waals surface area contributed by atoms with Gasteiger partial charge in [0.1, 0.15) is 11.6 Å². The van der Waals surface area contributed by atoms with E-state index in [9.17, 15) is 9.18 Å². The van der Waals surface area contributed by atoms with Gasteiger partial charge in [0.05, 0.1) is 16.9 Å². The van der Waals surface area contributed by atoms with Crippen LogP contribution in [-0.2, 0) is 0 Å². The van der Waals surface area contributed by atoms with Gasteiger partial charge in [-0.05, 0) is 43.3 Å². The summed E-state index contributed by atoms with van der Waals surface area (Å²) in [6, 6.07) is 13.0. The fraction of sp³-hybridized carbons (Fsp3) is 0.0588. The molecule has 0 aliphatic carbocycles. The average molecular weight is 409 g/mol. The maximum absolute atomic E-state index is 13.9. The molecule has 24 heavy (non-hydrogen) atoms. The van der Waals surface area contributed by atoms with Gasteiger partial charge < -0.3 is 5.32 Å². The second-order valence-corrected chi connectivity index (χ2v) is 6.49. The third-order valence-corrected chi connectivity index (χ3v) is 4.03. The molecule has 7 heteroatoms. The predicted octanol–water partition coefficient (Wildman–Crippen LogP) is 4.99. The molecule has 1 heterocycles. The van der Waals surface area contributed by atoms with E-state index in [1.54, 1.807) is 35.9 Å². The van der Waals surface area contributed by atoms with E-state index in [2.05, 4.69) is 26.3 Å². The smallest absolute Gasteiger partial charge is 0.259 e. The van der Waals surface area contributed by atoms with E-state index in [1.165, 1.54) is 18.2 Å². The number of rotatable bonds is 3. The van der Waals surface area contributed by atoms with Crippen LogP contribution in [-0.4, -0.2) is 15.7 Å². The van der Waals surface area contributed by atoms with Crippen molar-refractivity contribution in [1.82, 2.24) is 9.78 Å². The van der Waals surface area contributed by atoms with Crippen LogP contribution < -0.4 is 5.32 Å². The molecule has 0 radical (unpaired) electrons. The normalized spacial score (nSPS) is 10.7. The van der Waals surface area contributed by atoms with Crippen LogP contribution in [0.3, 0.4) is 0 Å². The Morgan fingerprint density at radius 3 is 2.79 bits per heavy atom. The monoisotopic (exact) mass is 407 g/mol. The lowest BCUT2D eigenvalue weighted by molar-refractivity contribution is 0.102. The third kappa shape index (κ3) is 3.49. The number of amides is 1. The molecule has 122 valence electrons. The molecule has 1 amide bonds. The van der Waals surface area contributed by atoms with Crippen LogP contribution >= 0.6 is 27.5 Å². The van der Waals surface area contributed by atoms with Gasteiger partial charge in [0, 0.05) is 15.6 Å². The minimum atomic E-state index is -0.596. The Morgan fingerprint density at radius 1 is 1.25 bits per heavy atom. The Kier molecular flexibility index (Phi) is 4.69. The molecule has 1 aromatic heterocycles. The van der Waals surface area contributed by atoms with Gasteiger partial charge in [0.15, 0.2) is 0 Å². The topological polar surface area (TPSA) is 46.9 Å². The molecule has 0 atom stereocenters. The van der Waals surface area contributed by atoms with Crippen molar-refractivity contribution in [2.24, 2.45) is 0 Å². The maximum atomic E-state index is 13.9. The summed E-state index contributed by atoms with van der Waals surface area (Å²) in [7, 11) is 0. The van der Waals surface area contributed by atoms with Crippen LogP contribution in [0, 0.1) is 12.7 Å². The summed E-state index contributed by atoms with van der Waals surface area (Å²) in [6.07, 6.45) is 0. The number of hydrogen-bond acceptors (Lipinski definition) is 2. The molecule has 2 aromatic carbocycles. The van der Waals surface area contributed by atoms with Gasteiger partial charge in [-0.1, -0.05) is 33.6 Å². The van der Waals surface area contributed by atoms with Gasteiger partial charge in [-0.25, -0.2) is 9.07 Å². The summed E-state index contributed by atoms with van der Waals surface area (Å²) >= 11 is 9.24. The fourth-order valence-corrected chi connectivity index (χ4v) is 2.79. The Hall–Kier alpha value is -2.18. The van der Waals surface area contributed by atoms with E-state index in [0.29, 0.717) is 26.7 Å². The number of carbonyl (C=O) groups is 1. The third-order valence-electron chi connectivity index (χ3n) is 3.30. The number of nitrogens with zero attached hydrogens (tertiary/aromatic N) is 2. The number of benzene rings is 2. The standard InChI is InChI=1S/C17H12BrClFN3O/c1-10-7-16(23(22-10)13-4-2-3-12(19)9-13)21-17(24)14-8-11(18)5-6-15(14)20/h2-9H,1H3,(H,21,24). The van der Waals surface area contributed by atoms with Gasteiger partial charge in [0.25, 0.3) is 5.91 Å². The Morgan fingerprint density at radius 2 is 2.04 bits per heavy atom. The van der Waals surface area contributed by atoms with E-state index in [-0.39, 0.29) is 5.56 Å². The van der Waals surface area contributed by atoms with Crippen LogP contribution in [0.2, 0.25) is 5.02 Å². The van der Waals surface area contributed by atoms with E-state index in [1.807, 2.05) is 6.07 Å². The van der Waals surface area contributed by atoms with Crippen LogP contribution in [0.1, 0.15) is 16.1 Å². The van der Waals surface area contributed by atoms with Crippen LogP contribution in [0.15, 0.2) is 53.0 Å². The van der Waals surface area contributed by atoms with Crippen molar-refractivity contribution in [3.63, 3.8) is 0 Å². The molecule has 1 N–H and O–H groups in total. The summed E-state index contributed by atoms with van der Waals surface area (Å²) in [6.45, 7) is 1.80. The molecule has 0 unspecified atom stereocenters. The molecule has 0 saturated heterocycles. The van der Waals surface area contributed by atoms with Crippen molar-refractivity contribution in [2.75, 3.05) is 5.32 Å². The van der Waals surface area contributed by atoms with Gasteiger partial charge in [-0.2, -0.15) is 5.10 Å². The average Bonchev–Trinajstić information content (AvgIpc) is 2.90. The summed E-state index contributed by atoms with van der Waals surface area (Å²) in [5, 5.41) is 7.59. The largest absolute Gasteiger partial charge is 0.306 e. The first-order valence-corrected chi connectivity index (χ1v) is 8.20. The van der Waals surface area contributed by atoms with Gasteiger partial charge >= 0.3 is 0 Å². The lowest BCUT2D eigenvalue weighted by Gasteiger charge is -2.10. The molecule has 0 spiro atoms. The van der Waals surface area contributed by atoms with Crippen molar-refractivity contribution in [2.45, 2.75) is 6.92 Å². The first kappa shape index (κ1) is 16.7. The van der Waals surface area contributed by atoms with Crippen LogP contribution in [0.5, 0.6) is 0 Å². The van der Waals surface area contributed by atoms with Gasteiger partial charge in [-0.3, -0.25) is 4.79 Å². The summed E-state index contributed by atoms with van der Waals surface area (Å²) in [4.78, 5) is 12.4. The molecule has 4 nitrogen and oxygen atoms in total. The van der Waals surface area contributed by atoms with Crippen molar-refractivity contribution < 1.29 is 9.18 Å². The number of aryl methyl sites for hydroxylation is 1. The van der Waals surface area contributed by atoms with Crippen molar-refractivity contribution in [1.29, 1.82) is 0 Å². The number of hydrogen-bond donors (Lipinski definition) is 1. The Bertz CT molecular complexity index is 926. The highest BCUT2D eigenvalue weighted by Gasteiger charge is 2.16. The van der Waals surface area contributed by atoms with Crippen LogP contribution in [0.25, 0.3) is 5.69 Å². The lowest BCUT2D eigenvalue weighted by Crippen LogP contribution is -2.16. The zero-order valence-electron chi connectivity index (χ0n) is 12.6. The van der Waals surface area contributed by atoms with E-state index in [4.69, 9.17) is 11.6 Å². The number of aromatic nitrogens is 2. The minimum Gasteiger partial charge on any atom is -0.306 e. The molecule has 3 rings (SSSR count). The van der Waals surface area contributed by atoms with E-state index in [0.717, 1.165) is 0 Å². The number of halogens is 3. The quantitative estimate of drug-likeness (QED) is 0.664. The van der Waals surface area contributed by atoms with Crippen molar-refractivity contribution >= 4 is 39.3 Å². The first-order valence-electron chi connectivity index (χ1n) is 7.03. The second kappa shape index (κ2) is 6.75. The highest BCUT2D eigenvalue weighted by atomic mass is 79.9. The molecule has 0 bridgehead atoms.